The first-order chi connectivity index (χ1) is 12.1. The van der Waals surface area contributed by atoms with Gasteiger partial charge in [0.15, 0.2) is 0 Å². The van der Waals surface area contributed by atoms with Gasteiger partial charge in [0.25, 0.3) is 5.91 Å². The van der Waals surface area contributed by atoms with Crippen LogP contribution in [-0.4, -0.2) is 48.8 Å². The second-order valence-corrected chi connectivity index (χ2v) is 7.46. The Morgan fingerprint density at radius 2 is 1.88 bits per heavy atom. The van der Waals surface area contributed by atoms with Gasteiger partial charge >= 0.3 is 5.97 Å². The second kappa shape index (κ2) is 6.33. The van der Waals surface area contributed by atoms with Gasteiger partial charge in [-0.2, -0.15) is 0 Å². The van der Waals surface area contributed by atoms with Crippen LogP contribution in [0.3, 0.4) is 0 Å². The summed E-state index contributed by atoms with van der Waals surface area (Å²) >= 11 is 0. The van der Waals surface area contributed by atoms with Crippen molar-refractivity contribution in [3.05, 3.63) is 29.8 Å². The first-order valence-electron chi connectivity index (χ1n) is 9.07. The van der Waals surface area contributed by atoms with Gasteiger partial charge in [0.05, 0.1) is 13.2 Å². The Bertz CT molecular complexity index is 669. The largest absolute Gasteiger partial charge is 0.479 e. The van der Waals surface area contributed by atoms with Crippen molar-refractivity contribution in [3.8, 4) is 0 Å². The molecular weight excluding hydrogens is 320 g/mol. The van der Waals surface area contributed by atoms with Gasteiger partial charge in [-0.15, -0.1) is 0 Å². The predicted octanol–water partition coefficient (Wildman–Crippen LogP) is 1.90. The number of fused-ring (bicyclic) bond motifs is 2. The summed E-state index contributed by atoms with van der Waals surface area (Å²) < 4.78 is 5.35. The first-order valence-corrected chi connectivity index (χ1v) is 9.07. The van der Waals surface area contributed by atoms with Crippen molar-refractivity contribution in [1.82, 2.24) is 5.32 Å². The van der Waals surface area contributed by atoms with Gasteiger partial charge in [-0.05, 0) is 61.8 Å². The van der Waals surface area contributed by atoms with Crippen molar-refractivity contribution in [2.75, 3.05) is 31.2 Å². The highest BCUT2D eigenvalue weighted by molar-refractivity contribution is 5.98. The number of hydrogen-bond acceptors (Lipinski definition) is 4. The van der Waals surface area contributed by atoms with Crippen molar-refractivity contribution < 1.29 is 19.4 Å². The van der Waals surface area contributed by atoms with E-state index < -0.39 is 11.5 Å². The average Bonchev–Trinajstić information content (AvgIpc) is 3.24. The van der Waals surface area contributed by atoms with Crippen LogP contribution in [0, 0.1) is 11.8 Å². The number of aliphatic carboxylic acids is 1. The molecule has 25 heavy (non-hydrogen) atoms. The maximum Gasteiger partial charge on any atom is 0.329 e. The van der Waals surface area contributed by atoms with E-state index in [4.69, 9.17) is 4.74 Å². The number of morpholine rings is 1. The lowest BCUT2D eigenvalue weighted by Crippen LogP contribution is -2.57. The molecule has 3 aliphatic rings. The second-order valence-electron chi connectivity index (χ2n) is 7.46. The Morgan fingerprint density at radius 1 is 1.16 bits per heavy atom. The van der Waals surface area contributed by atoms with E-state index in [0.29, 0.717) is 31.1 Å². The maximum absolute atomic E-state index is 12.7. The molecule has 2 aliphatic carbocycles. The Morgan fingerprint density at radius 3 is 2.44 bits per heavy atom. The van der Waals surface area contributed by atoms with Crippen LogP contribution in [0.2, 0.25) is 0 Å². The van der Waals surface area contributed by atoms with Gasteiger partial charge in [0.2, 0.25) is 0 Å². The molecule has 1 aromatic carbocycles. The number of anilines is 1. The van der Waals surface area contributed by atoms with Crippen LogP contribution in [0.15, 0.2) is 24.3 Å². The number of benzene rings is 1. The smallest absolute Gasteiger partial charge is 0.329 e. The fraction of sp³-hybridized carbons (Fsp3) is 0.579. The van der Waals surface area contributed by atoms with Crippen LogP contribution in [0.1, 0.15) is 36.0 Å². The minimum atomic E-state index is -1.08. The van der Waals surface area contributed by atoms with Crippen LogP contribution in [0.25, 0.3) is 0 Å². The minimum absolute atomic E-state index is 0.0616. The number of nitrogens with zero attached hydrogens (tertiary/aromatic N) is 1. The van der Waals surface area contributed by atoms with Gasteiger partial charge in [0.1, 0.15) is 5.54 Å². The number of carboxylic acid groups (broad SMARTS) is 1. The lowest BCUT2D eigenvalue weighted by Gasteiger charge is -2.34. The molecule has 1 aromatic rings. The van der Waals surface area contributed by atoms with E-state index in [9.17, 15) is 14.7 Å². The summed E-state index contributed by atoms with van der Waals surface area (Å²) in [6.07, 6.45) is 3.46. The van der Waals surface area contributed by atoms with E-state index in [2.05, 4.69) is 10.2 Å². The summed E-state index contributed by atoms with van der Waals surface area (Å²) in [6.45, 7) is 3.12. The third-order valence-corrected chi connectivity index (χ3v) is 6.07. The summed E-state index contributed by atoms with van der Waals surface area (Å²) in [5.74, 6) is -0.682. The van der Waals surface area contributed by atoms with Gasteiger partial charge < -0.3 is 20.1 Å². The van der Waals surface area contributed by atoms with Gasteiger partial charge in [-0.1, -0.05) is 0 Å². The molecule has 3 fully saturated rings. The van der Waals surface area contributed by atoms with E-state index in [-0.39, 0.29) is 11.8 Å². The molecule has 134 valence electrons. The molecular formula is C19H24N2O4. The van der Waals surface area contributed by atoms with Gasteiger partial charge in [0, 0.05) is 24.3 Å². The van der Waals surface area contributed by atoms with Crippen molar-refractivity contribution in [2.24, 2.45) is 11.8 Å². The zero-order valence-corrected chi connectivity index (χ0v) is 14.2. The lowest BCUT2D eigenvalue weighted by molar-refractivity contribution is -0.146. The number of carboxylic acids is 1. The molecule has 3 atom stereocenters. The number of amides is 1. The summed E-state index contributed by atoms with van der Waals surface area (Å²) in [6, 6.07) is 7.41. The molecule has 6 heteroatoms. The molecule has 0 aromatic heterocycles. The van der Waals surface area contributed by atoms with E-state index in [0.717, 1.165) is 38.0 Å². The van der Waals surface area contributed by atoms with Crippen LogP contribution < -0.4 is 10.2 Å². The Hall–Kier alpha value is -2.08. The average molecular weight is 344 g/mol. The molecule has 4 rings (SSSR count). The number of carbonyl (C=O) groups excluding carboxylic acids is 1. The zero-order chi connectivity index (χ0) is 17.4. The maximum atomic E-state index is 12.7. The fourth-order valence-electron chi connectivity index (χ4n) is 4.72. The molecule has 2 N–H and O–H groups in total. The molecule has 0 radical (unpaired) electrons. The molecule has 3 unspecified atom stereocenters. The lowest BCUT2D eigenvalue weighted by atomic mass is 9.80. The monoisotopic (exact) mass is 344 g/mol. The first kappa shape index (κ1) is 16.4. The van der Waals surface area contributed by atoms with Crippen LogP contribution in [-0.2, 0) is 9.53 Å². The number of carbonyl (C=O) groups is 2. The molecule has 1 aliphatic heterocycles. The third-order valence-electron chi connectivity index (χ3n) is 6.07. The van der Waals surface area contributed by atoms with E-state index in [1.165, 1.54) is 0 Å². The highest BCUT2D eigenvalue weighted by Crippen LogP contribution is 2.51. The van der Waals surface area contributed by atoms with Gasteiger partial charge in [-0.3, -0.25) is 4.79 Å². The molecule has 6 nitrogen and oxygen atoms in total. The van der Waals surface area contributed by atoms with E-state index in [1.54, 1.807) is 12.1 Å². The summed E-state index contributed by atoms with van der Waals surface area (Å²) in [7, 11) is 0. The highest BCUT2D eigenvalue weighted by Gasteiger charge is 2.56. The topological polar surface area (TPSA) is 78.9 Å². The SMILES string of the molecule is O=C(NC1(C(=O)O)CC2CCC1C2)c1ccc(N2CCOCC2)cc1. The minimum Gasteiger partial charge on any atom is -0.479 e. The molecule has 2 saturated carbocycles. The zero-order valence-electron chi connectivity index (χ0n) is 14.2. The standard InChI is InChI=1S/C19H24N2O4/c22-17(20-19(18(23)24)12-13-1-4-15(19)11-13)14-2-5-16(6-3-14)21-7-9-25-10-8-21/h2-3,5-6,13,15H,1,4,7-12H2,(H,20,22)(H,23,24). The molecule has 1 amide bonds. The van der Waals surface area contributed by atoms with Crippen LogP contribution >= 0.6 is 0 Å². The molecule has 1 heterocycles. The number of rotatable bonds is 4. The van der Waals surface area contributed by atoms with Crippen molar-refractivity contribution in [2.45, 2.75) is 31.2 Å². The van der Waals surface area contributed by atoms with Crippen molar-refractivity contribution >= 4 is 17.6 Å². The van der Waals surface area contributed by atoms with E-state index in [1.807, 2.05) is 12.1 Å². The van der Waals surface area contributed by atoms with Crippen LogP contribution in [0.4, 0.5) is 5.69 Å². The van der Waals surface area contributed by atoms with E-state index >= 15 is 0 Å². The van der Waals surface area contributed by atoms with Crippen molar-refractivity contribution in [1.29, 1.82) is 0 Å². The van der Waals surface area contributed by atoms with Gasteiger partial charge in [-0.25, -0.2) is 4.79 Å². The summed E-state index contributed by atoms with van der Waals surface area (Å²) in [5, 5.41) is 12.6. The highest BCUT2D eigenvalue weighted by atomic mass is 16.5. The molecule has 2 bridgehead atoms. The Balaban J connectivity index is 1.48. The summed E-state index contributed by atoms with van der Waals surface area (Å²) in [5.41, 5.74) is 0.496. The summed E-state index contributed by atoms with van der Waals surface area (Å²) in [4.78, 5) is 26.8. The Labute approximate surface area is 147 Å². The third kappa shape index (κ3) is 2.88. The quantitative estimate of drug-likeness (QED) is 0.872. The Kier molecular flexibility index (Phi) is 4.15. The number of nitrogens with one attached hydrogen (secondary N) is 1. The van der Waals surface area contributed by atoms with Crippen molar-refractivity contribution in [3.63, 3.8) is 0 Å². The fourth-order valence-corrected chi connectivity index (χ4v) is 4.72. The van der Waals surface area contributed by atoms with Crippen LogP contribution in [0.5, 0.6) is 0 Å². The number of hydrogen-bond donors (Lipinski definition) is 2. The normalized spacial score (nSPS) is 31.1. The predicted molar refractivity (Wildman–Crippen MR) is 92.8 cm³/mol. The molecule has 0 spiro atoms. The molecule has 1 saturated heterocycles. The number of ether oxygens (including phenoxy) is 1.